The molecule has 1 amide bonds. The number of hydrogen-bond donors (Lipinski definition) is 1. The summed E-state index contributed by atoms with van der Waals surface area (Å²) in [5.41, 5.74) is 0.594. The molecule has 1 unspecified atom stereocenters. The van der Waals surface area contributed by atoms with E-state index in [1.165, 1.54) is 0 Å². The molecule has 6 heteroatoms. The smallest absolute Gasteiger partial charge is 0.265 e. The van der Waals surface area contributed by atoms with E-state index in [2.05, 4.69) is 5.32 Å². The zero-order valence-corrected chi connectivity index (χ0v) is 14.9. The second-order valence-corrected chi connectivity index (χ2v) is 5.20. The number of methoxy groups -OCH3 is 2. The van der Waals surface area contributed by atoms with E-state index >= 15 is 0 Å². The monoisotopic (exact) mass is 345 g/mol. The highest BCUT2D eigenvalue weighted by Crippen LogP contribution is 2.30. The van der Waals surface area contributed by atoms with Gasteiger partial charge in [0.05, 0.1) is 20.8 Å². The highest BCUT2D eigenvalue weighted by atomic mass is 16.5. The van der Waals surface area contributed by atoms with Crippen LogP contribution in [0, 0.1) is 0 Å². The molecule has 0 aliphatic heterocycles. The van der Waals surface area contributed by atoms with Crippen LogP contribution in [0.2, 0.25) is 0 Å². The van der Waals surface area contributed by atoms with Gasteiger partial charge in [0.25, 0.3) is 5.91 Å². The van der Waals surface area contributed by atoms with Gasteiger partial charge >= 0.3 is 0 Å². The molecular weight excluding hydrogens is 322 g/mol. The summed E-state index contributed by atoms with van der Waals surface area (Å²) >= 11 is 0. The molecule has 0 saturated heterocycles. The largest absolute Gasteiger partial charge is 0.493 e. The molecule has 1 N–H and O–H groups in total. The number of amides is 1. The van der Waals surface area contributed by atoms with Gasteiger partial charge in [-0.05, 0) is 38.1 Å². The van der Waals surface area contributed by atoms with Gasteiger partial charge in [0, 0.05) is 11.8 Å². The second-order valence-electron chi connectivity index (χ2n) is 5.20. The molecule has 1 atom stereocenters. The highest BCUT2D eigenvalue weighted by molar-refractivity contribution is 5.94. The van der Waals surface area contributed by atoms with Crippen molar-refractivity contribution in [2.45, 2.75) is 20.0 Å². The van der Waals surface area contributed by atoms with Gasteiger partial charge < -0.3 is 24.3 Å². The Labute approximate surface area is 147 Å². The van der Waals surface area contributed by atoms with Crippen LogP contribution >= 0.6 is 0 Å². The molecule has 0 aliphatic carbocycles. The van der Waals surface area contributed by atoms with Crippen LogP contribution in [-0.2, 0) is 4.79 Å². The molecule has 6 nitrogen and oxygen atoms in total. The number of hydrogen-bond acceptors (Lipinski definition) is 5. The van der Waals surface area contributed by atoms with Gasteiger partial charge in [0.2, 0.25) is 0 Å². The Bertz CT molecular complexity index is 717. The van der Waals surface area contributed by atoms with E-state index in [0.717, 1.165) is 0 Å². The van der Waals surface area contributed by atoms with Crippen LogP contribution in [0.3, 0.4) is 0 Å². The van der Waals surface area contributed by atoms with Crippen molar-refractivity contribution in [1.82, 2.24) is 0 Å². The summed E-state index contributed by atoms with van der Waals surface area (Å²) in [4.78, 5) is 12.4. The number of anilines is 1. The SMILES string of the molecule is CCOc1ccccc1OC(C)C(=O)Nc1ccc(OC)c(OC)c1. The summed E-state index contributed by atoms with van der Waals surface area (Å²) in [6, 6.07) is 12.4. The third-order valence-electron chi connectivity index (χ3n) is 3.47. The van der Waals surface area contributed by atoms with Crippen molar-refractivity contribution in [2.75, 3.05) is 26.1 Å². The number of benzene rings is 2. The summed E-state index contributed by atoms with van der Waals surface area (Å²) in [5.74, 6) is 1.99. The fraction of sp³-hybridized carbons (Fsp3) is 0.316. The van der Waals surface area contributed by atoms with Gasteiger partial charge in [0.1, 0.15) is 0 Å². The molecule has 0 bridgehead atoms. The van der Waals surface area contributed by atoms with E-state index in [1.54, 1.807) is 51.5 Å². The summed E-state index contributed by atoms with van der Waals surface area (Å²) in [5, 5.41) is 2.80. The van der Waals surface area contributed by atoms with Crippen LogP contribution < -0.4 is 24.3 Å². The quantitative estimate of drug-likeness (QED) is 0.793. The van der Waals surface area contributed by atoms with Gasteiger partial charge in [-0.15, -0.1) is 0 Å². The molecule has 0 aliphatic rings. The molecule has 25 heavy (non-hydrogen) atoms. The second kappa shape index (κ2) is 8.82. The average molecular weight is 345 g/mol. The third-order valence-corrected chi connectivity index (χ3v) is 3.47. The van der Waals surface area contributed by atoms with Gasteiger partial charge in [-0.3, -0.25) is 4.79 Å². The van der Waals surface area contributed by atoms with E-state index in [-0.39, 0.29) is 5.91 Å². The van der Waals surface area contributed by atoms with Crippen molar-refractivity contribution >= 4 is 11.6 Å². The normalized spacial score (nSPS) is 11.4. The lowest BCUT2D eigenvalue weighted by Gasteiger charge is -2.17. The molecule has 0 saturated carbocycles. The first-order valence-corrected chi connectivity index (χ1v) is 8.00. The Morgan fingerprint density at radius 1 is 1.00 bits per heavy atom. The van der Waals surface area contributed by atoms with Crippen molar-refractivity contribution in [2.24, 2.45) is 0 Å². The number of carbonyl (C=O) groups is 1. The molecule has 134 valence electrons. The molecule has 0 radical (unpaired) electrons. The molecular formula is C19H23NO5. The average Bonchev–Trinajstić information content (AvgIpc) is 2.63. The fourth-order valence-corrected chi connectivity index (χ4v) is 2.22. The number of ether oxygens (including phenoxy) is 4. The van der Waals surface area contributed by atoms with Gasteiger partial charge in [-0.25, -0.2) is 0 Å². The summed E-state index contributed by atoms with van der Waals surface area (Å²) in [6.45, 7) is 4.09. The van der Waals surface area contributed by atoms with Gasteiger partial charge in [-0.2, -0.15) is 0 Å². The van der Waals surface area contributed by atoms with Crippen molar-refractivity contribution in [3.05, 3.63) is 42.5 Å². The lowest BCUT2D eigenvalue weighted by Crippen LogP contribution is -2.30. The molecule has 2 aromatic rings. The Morgan fingerprint density at radius 2 is 1.68 bits per heavy atom. The Kier molecular flexibility index (Phi) is 6.51. The fourth-order valence-electron chi connectivity index (χ4n) is 2.22. The maximum Gasteiger partial charge on any atom is 0.265 e. The van der Waals surface area contributed by atoms with Crippen molar-refractivity contribution in [3.63, 3.8) is 0 Å². The molecule has 0 fully saturated rings. The predicted molar refractivity (Wildman–Crippen MR) is 95.9 cm³/mol. The van der Waals surface area contributed by atoms with Crippen LogP contribution in [0.1, 0.15) is 13.8 Å². The summed E-state index contributed by atoms with van der Waals surface area (Å²) < 4.78 is 21.7. The first-order chi connectivity index (χ1) is 12.1. The van der Waals surface area contributed by atoms with Crippen LogP contribution in [0.5, 0.6) is 23.0 Å². The Balaban J connectivity index is 2.06. The standard InChI is InChI=1S/C19H23NO5/c1-5-24-16-8-6-7-9-17(16)25-13(2)19(21)20-14-10-11-15(22-3)18(12-14)23-4/h6-13H,5H2,1-4H3,(H,20,21). The molecule has 0 spiro atoms. The number of para-hydroxylation sites is 2. The maximum absolute atomic E-state index is 12.4. The Hall–Kier alpha value is -2.89. The van der Waals surface area contributed by atoms with Gasteiger partial charge in [0.15, 0.2) is 29.1 Å². The lowest BCUT2D eigenvalue weighted by atomic mass is 10.2. The van der Waals surface area contributed by atoms with Crippen molar-refractivity contribution in [1.29, 1.82) is 0 Å². The topological polar surface area (TPSA) is 66.0 Å². The minimum Gasteiger partial charge on any atom is -0.493 e. The number of rotatable bonds is 8. The molecule has 0 aromatic heterocycles. The van der Waals surface area contributed by atoms with Crippen molar-refractivity contribution < 1.29 is 23.7 Å². The summed E-state index contributed by atoms with van der Waals surface area (Å²) in [7, 11) is 3.10. The van der Waals surface area contributed by atoms with Crippen LogP contribution in [0.4, 0.5) is 5.69 Å². The number of carbonyl (C=O) groups excluding carboxylic acids is 1. The minimum absolute atomic E-state index is 0.279. The van der Waals surface area contributed by atoms with E-state index in [0.29, 0.717) is 35.3 Å². The maximum atomic E-state index is 12.4. The molecule has 2 rings (SSSR count). The van der Waals surface area contributed by atoms with Crippen LogP contribution in [-0.4, -0.2) is 32.8 Å². The third kappa shape index (κ3) is 4.79. The van der Waals surface area contributed by atoms with Crippen molar-refractivity contribution in [3.8, 4) is 23.0 Å². The lowest BCUT2D eigenvalue weighted by molar-refractivity contribution is -0.122. The first kappa shape index (κ1) is 18.4. The Morgan fingerprint density at radius 3 is 2.32 bits per heavy atom. The minimum atomic E-state index is -0.699. The highest BCUT2D eigenvalue weighted by Gasteiger charge is 2.17. The predicted octanol–water partition coefficient (Wildman–Crippen LogP) is 3.51. The number of nitrogens with one attached hydrogen (secondary N) is 1. The molecule has 2 aromatic carbocycles. The van der Waals surface area contributed by atoms with Crippen LogP contribution in [0.25, 0.3) is 0 Å². The zero-order valence-electron chi connectivity index (χ0n) is 14.9. The molecule has 0 heterocycles. The van der Waals surface area contributed by atoms with Gasteiger partial charge in [-0.1, -0.05) is 12.1 Å². The first-order valence-electron chi connectivity index (χ1n) is 8.00. The van der Waals surface area contributed by atoms with E-state index in [9.17, 15) is 4.79 Å². The summed E-state index contributed by atoms with van der Waals surface area (Å²) in [6.07, 6.45) is -0.699. The van der Waals surface area contributed by atoms with E-state index in [1.807, 2.05) is 19.1 Å². The van der Waals surface area contributed by atoms with E-state index < -0.39 is 6.10 Å². The van der Waals surface area contributed by atoms with Crippen LogP contribution in [0.15, 0.2) is 42.5 Å². The van der Waals surface area contributed by atoms with E-state index in [4.69, 9.17) is 18.9 Å². The zero-order chi connectivity index (χ0) is 18.2.